The molecule has 0 aromatic rings. The Morgan fingerprint density at radius 2 is 1.18 bits per heavy atom. The number of carboxylic acids is 2. The molecule has 22 heavy (non-hydrogen) atoms. The summed E-state index contributed by atoms with van der Waals surface area (Å²) >= 11 is 0. The monoisotopic (exact) mass is 314 g/mol. The molecule has 0 radical (unpaired) electrons. The van der Waals surface area contributed by atoms with Crippen LogP contribution in [0.15, 0.2) is 0 Å². The van der Waals surface area contributed by atoms with Gasteiger partial charge in [-0.25, -0.2) is 0 Å². The number of carbonyl (C=O) groups is 2. The zero-order valence-corrected chi connectivity index (χ0v) is 14.4. The second kappa shape index (κ2) is 12.5. The molecule has 0 spiro atoms. The Hall–Kier alpha value is -1.06. The van der Waals surface area contributed by atoms with E-state index >= 15 is 0 Å². The number of hydrogen-bond acceptors (Lipinski definition) is 2. The molecule has 0 aliphatic carbocycles. The van der Waals surface area contributed by atoms with Gasteiger partial charge in [0.15, 0.2) is 0 Å². The highest BCUT2D eigenvalue weighted by Crippen LogP contribution is 2.41. The van der Waals surface area contributed by atoms with Crippen LogP contribution in [0.1, 0.15) is 97.3 Å². The van der Waals surface area contributed by atoms with E-state index in [9.17, 15) is 9.59 Å². The lowest BCUT2D eigenvalue weighted by atomic mass is 9.71. The summed E-state index contributed by atoms with van der Waals surface area (Å²) in [6, 6.07) is 0. The SMILES string of the molecule is CCCCC(CCCC)(CCCCCC(=O)O)CCC(=O)O. The Balaban J connectivity index is 4.53. The number of carboxylic acid groups (broad SMARTS) is 2. The van der Waals surface area contributed by atoms with E-state index in [1.54, 1.807) is 0 Å². The van der Waals surface area contributed by atoms with Crippen molar-refractivity contribution >= 4 is 11.9 Å². The average molecular weight is 314 g/mol. The molecule has 0 rings (SSSR count). The molecule has 0 saturated carbocycles. The predicted octanol–water partition coefficient (Wildman–Crippen LogP) is 5.25. The lowest BCUT2D eigenvalue weighted by Crippen LogP contribution is -2.22. The molecule has 0 aliphatic heterocycles. The number of unbranched alkanes of at least 4 members (excludes halogenated alkanes) is 4. The van der Waals surface area contributed by atoms with E-state index in [1.807, 2.05) is 0 Å². The summed E-state index contributed by atoms with van der Waals surface area (Å²) < 4.78 is 0. The summed E-state index contributed by atoms with van der Waals surface area (Å²) in [5.41, 5.74) is 0.146. The third-order valence-corrected chi connectivity index (χ3v) is 4.59. The van der Waals surface area contributed by atoms with Crippen LogP contribution in [0, 0.1) is 5.41 Å². The highest BCUT2D eigenvalue weighted by molar-refractivity contribution is 5.66. The van der Waals surface area contributed by atoms with Gasteiger partial charge in [0.2, 0.25) is 0 Å². The topological polar surface area (TPSA) is 74.6 Å². The molecule has 0 bridgehead atoms. The minimum atomic E-state index is -0.728. The maximum atomic E-state index is 11.0. The summed E-state index contributed by atoms with van der Waals surface area (Å²) in [6.45, 7) is 4.35. The molecule has 0 fully saturated rings. The van der Waals surface area contributed by atoms with Gasteiger partial charge in [-0.1, -0.05) is 52.4 Å². The van der Waals surface area contributed by atoms with Gasteiger partial charge >= 0.3 is 11.9 Å². The highest BCUT2D eigenvalue weighted by Gasteiger charge is 2.28. The summed E-state index contributed by atoms with van der Waals surface area (Å²) in [6.07, 6.45) is 11.8. The van der Waals surface area contributed by atoms with Crippen LogP contribution in [0.5, 0.6) is 0 Å². The van der Waals surface area contributed by atoms with E-state index in [0.29, 0.717) is 0 Å². The third kappa shape index (κ3) is 10.6. The molecular weight excluding hydrogens is 280 g/mol. The molecule has 4 nitrogen and oxygen atoms in total. The summed E-state index contributed by atoms with van der Waals surface area (Å²) in [5.74, 6) is -1.43. The first-order valence-electron chi connectivity index (χ1n) is 8.89. The fourth-order valence-electron chi connectivity index (χ4n) is 3.18. The lowest BCUT2D eigenvalue weighted by molar-refractivity contribution is -0.138. The first kappa shape index (κ1) is 20.9. The predicted molar refractivity (Wildman–Crippen MR) is 89.1 cm³/mol. The van der Waals surface area contributed by atoms with Crippen molar-refractivity contribution in [3.63, 3.8) is 0 Å². The van der Waals surface area contributed by atoms with Gasteiger partial charge in [-0.2, -0.15) is 0 Å². The second-order valence-corrected chi connectivity index (χ2v) is 6.56. The summed E-state index contributed by atoms with van der Waals surface area (Å²) in [5, 5.41) is 17.7. The van der Waals surface area contributed by atoms with Gasteiger partial charge in [-0.05, 0) is 37.5 Å². The van der Waals surface area contributed by atoms with Crippen LogP contribution in [0.3, 0.4) is 0 Å². The van der Waals surface area contributed by atoms with Gasteiger partial charge in [0.05, 0.1) is 0 Å². The van der Waals surface area contributed by atoms with Crippen LogP contribution in [-0.2, 0) is 9.59 Å². The normalized spacial score (nSPS) is 11.5. The lowest BCUT2D eigenvalue weighted by Gasteiger charge is -2.34. The van der Waals surface area contributed by atoms with Crippen molar-refractivity contribution in [2.24, 2.45) is 5.41 Å². The van der Waals surface area contributed by atoms with Gasteiger partial charge < -0.3 is 10.2 Å². The van der Waals surface area contributed by atoms with Crippen molar-refractivity contribution in [1.82, 2.24) is 0 Å². The molecule has 0 aromatic carbocycles. The molecule has 4 heteroatoms. The molecule has 0 heterocycles. The van der Waals surface area contributed by atoms with Crippen molar-refractivity contribution in [3.8, 4) is 0 Å². The number of rotatable bonds is 15. The first-order valence-corrected chi connectivity index (χ1v) is 8.89. The Labute approximate surface area is 135 Å². The molecule has 2 N–H and O–H groups in total. The molecule has 0 unspecified atom stereocenters. The van der Waals surface area contributed by atoms with Gasteiger partial charge in [0.1, 0.15) is 0 Å². The molecular formula is C18H34O4. The summed E-state index contributed by atoms with van der Waals surface area (Å²) in [4.78, 5) is 21.5. The van der Waals surface area contributed by atoms with Crippen LogP contribution in [0.4, 0.5) is 0 Å². The van der Waals surface area contributed by atoms with Crippen molar-refractivity contribution in [2.45, 2.75) is 97.3 Å². The molecule has 0 atom stereocenters. The van der Waals surface area contributed by atoms with E-state index in [-0.39, 0.29) is 18.3 Å². The maximum Gasteiger partial charge on any atom is 0.303 e. The van der Waals surface area contributed by atoms with Crippen molar-refractivity contribution in [1.29, 1.82) is 0 Å². The quantitative estimate of drug-likeness (QED) is 0.405. The Morgan fingerprint density at radius 3 is 1.64 bits per heavy atom. The van der Waals surface area contributed by atoms with E-state index in [2.05, 4.69) is 13.8 Å². The third-order valence-electron chi connectivity index (χ3n) is 4.59. The van der Waals surface area contributed by atoms with E-state index in [1.165, 1.54) is 0 Å². The van der Waals surface area contributed by atoms with Crippen LogP contribution in [-0.4, -0.2) is 22.2 Å². The highest BCUT2D eigenvalue weighted by atomic mass is 16.4. The van der Waals surface area contributed by atoms with Crippen molar-refractivity contribution < 1.29 is 19.8 Å². The van der Waals surface area contributed by atoms with Crippen molar-refractivity contribution in [3.05, 3.63) is 0 Å². The minimum Gasteiger partial charge on any atom is -0.481 e. The van der Waals surface area contributed by atoms with Gasteiger partial charge in [0, 0.05) is 12.8 Å². The van der Waals surface area contributed by atoms with Crippen LogP contribution in [0.2, 0.25) is 0 Å². The number of hydrogen-bond donors (Lipinski definition) is 2. The number of aliphatic carboxylic acids is 2. The zero-order chi connectivity index (χ0) is 16.8. The minimum absolute atomic E-state index is 0.146. The zero-order valence-electron chi connectivity index (χ0n) is 14.4. The molecule has 0 aromatic heterocycles. The van der Waals surface area contributed by atoms with Crippen LogP contribution >= 0.6 is 0 Å². The maximum absolute atomic E-state index is 11.0. The van der Waals surface area contributed by atoms with Crippen LogP contribution < -0.4 is 0 Å². The molecule has 0 amide bonds. The first-order chi connectivity index (χ1) is 10.5. The molecule has 0 saturated heterocycles. The fraction of sp³-hybridized carbons (Fsp3) is 0.889. The van der Waals surface area contributed by atoms with Crippen molar-refractivity contribution in [2.75, 3.05) is 0 Å². The standard InChI is InChI=1S/C18H34O4/c1-3-5-12-18(13-6-4-2,15-11-17(21)22)14-9-7-8-10-16(19)20/h3-15H2,1-2H3,(H,19,20)(H,21,22). The molecule has 0 aliphatic rings. The average Bonchev–Trinajstić information content (AvgIpc) is 2.47. The molecule has 130 valence electrons. The van der Waals surface area contributed by atoms with Gasteiger partial charge in [-0.3, -0.25) is 9.59 Å². The van der Waals surface area contributed by atoms with Gasteiger partial charge in [0.25, 0.3) is 0 Å². The van der Waals surface area contributed by atoms with E-state index in [0.717, 1.165) is 70.6 Å². The van der Waals surface area contributed by atoms with E-state index in [4.69, 9.17) is 10.2 Å². The van der Waals surface area contributed by atoms with Crippen LogP contribution in [0.25, 0.3) is 0 Å². The Kier molecular flexibility index (Phi) is 11.9. The summed E-state index contributed by atoms with van der Waals surface area (Å²) in [7, 11) is 0. The van der Waals surface area contributed by atoms with E-state index < -0.39 is 11.9 Å². The fourth-order valence-corrected chi connectivity index (χ4v) is 3.18. The second-order valence-electron chi connectivity index (χ2n) is 6.56. The smallest absolute Gasteiger partial charge is 0.303 e. The Morgan fingerprint density at radius 1 is 0.682 bits per heavy atom. The largest absolute Gasteiger partial charge is 0.481 e. The Bertz CT molecular complexity index is 304. The van der Waals surface area contributed by atoms with Gasteiger partial charge in [-0.15, -0.1) is 0 Å².